The summed E-state index contributed by atoms with van der Waals surface area (Å²) in [6.07, 6.45) is 7.11. The highest BCUT2D eigenvalue weighted by molar-refractivity contribution is 7.18. The highest BCUT2D eigenvalue weighted by atomic mass is 32.1. The fourth-order valence-electron chi connectivity index (χ4n) is 2.35. The highest BCUT2D eigenvalue weighted by Crippen LogP contribution is 2.33. The Morgan fingerprint density at radius 3 is 2.95 bits per heavy atom. The number of terminal acetylenes is 1. The molecule has 0 atom stereocenters. The van der Waals surface area contributed by atoms with Crippen molar-refractivity contribution >= 4 is 32.9 Å². The van der Waals surface area contributed by atoms with Gasteiger partial charge < -0.3 is 0 Å². The third-order valence-corrected chi connectivity index (χ3v) is 5.06. The molecule has 3 aromatic heterocycles. The van der Waals surface area contributed by atoms with Crippen LogP contribution >= 0.6 is 22.7 Å². The van der Waals surface area contributed by atoms with Crippen LogP contribution in [0, 0.1) is 12.3 Å². The first kappa shape index (κ1) is 14.1. The summed E-state index contributed by atoms with van der Waals surface area (Å²) >= 11 is 3.15. The first-order chi connectivity index (χ1) is 10.3. The minimum Gasteiger partial charge on any atom is -0.284 e. The molecule has 0 aliphatic carbocycles. The summed E-state index contributed by atoms with van der Waals surface area (Å²) in [6, 6.07) is 4.01. The van der Waals surface area contributed by atoms with Gasteiger partial charge in [-0.3, -0.25) is 9.36 Å². The molecule has 106 valence electrons. The standard InChI is InChI=1S/C16H14N2OS2/c1-3-6-13-17-15-14(16(19)18(13)8-4-2)11(10-21-15)12-7-5-9-20-12/h2,5,7,9-10H,3,6,8H2,1H3. The van der Waals surface area contributed by atoms with Crippen LogP contribution in [-0.2, 0) is 13.0 Å². The largest absolute Gasteiger partial charge is 0.284 e. The lowest BCUT2D eigenvalue weighted by Gasteiger charge is -2.09. The minimum absolute atomic E-state index is 0.0222. The molecule has 0 bridgehead atoms. The molecule has 3 rings (SSSR count). The molecule has 3 nitrogen and oxygen atoms in total. The third-order valence-electron chi connectivity index (χ3n) is 3.28. The molecule has 0 unspecified atom stereocenters. The van der Waals surface area contributed by atoms with Crippen molar-refractivity contribution in [2.75, 3.05) is 0 Å². The average molecular weight is 314 g/mol. The van der Waals surface area contributed by atoms with E-state index in [-0.39, 0.29) is 12.1 Å². The van der Waals surface area contributed by atoms with Gasteiger partial charge in [0, 0.05) is 22.2 Å². The molecule has 0 saturated carbocycles. The van der Waals surface area contributed by atoms with Crippen LogP contribution < -0.4 is 5.56 Å². The van der Waals surface area contributed by atoms with Gasteiger partial charge in [0.15, 0.2) is 0 Å². The van der Waals surface area contributed by atoms with E-state index in [2.05, 4.69) is 17.8 Å². The van der Waals surface area contributed by atoms with Crippen LogP contribution in [0.3, 0.4) is 0 Å². The van der Waals surface area contributed by atoms with Gasteiger partial charge in [-0.1, -0.05) is 18.9 Å². The van der Waals surface area contributed by atoms with Crippen molar-refractivity contribution in [1.82, 2.24) is 9.55 Å². The maximum Gasteiger partial charge on any atom is 0.263 e. The van der Waals surface area contributed by atoms with E-state index in [1.54, 1.807) is 15.9 Å². The second kappa shape index (κ2) is 5.84. The van der Waals surface area contributed by atoms with Gasteiger partial charge in [-0.2, -0.15) is 0 Å². The maximum atomic E-state index is 12.8. The van der Waals surface area contributed by atoms with Crippen molar-refractivity contribution in [3.63, 3.8) is 0 Å². The molecule has 0 spiro atoms. The third kappa shape index (κ3) is 2.41. The zero-order valence-corrected chi connectivity index (χ0v) is 13.3. The predicted molar refractivity (Wildman–Crippen MR) is 90.0 cm³/mol. The fraction of sp³-hybridized carbons (Fsp3) is 0.250. The van der Waals surface area contributed by atoms with Crippen LogP contribution in [0.4, 0.5) is 0 Å². The summed E-state index contributed by atoms with van der Waals surface area (Å²) in [5.41, 5.74) is 0.947. The zero-order valence-electron chi connectivity index (χ0n) is 11.6. The lowest BCUT2D eigenvalue weighted by atomic mass is 10.2. The average Bonchev–Trinajstić information content (AvgIpc) is 3.11. The summed E-state index contributed by atoms with van der Waals surface area (Å²) < 4.78 is 1.63. The molecule has 0 N–H and O–H groups in total. The number of aromatic nitrogens is 2. The van der Waals surface area contributed by atoms with Gasteiger partial charge in [0.2, 0.25) is 0 Å². The second-order valence-corrected chi connectivity index (χ2v) is 6.49. The van der Waals surface area contributed by atoms with Crippen LogP contribution in [-0.4, -0.2) is 9.55 Å². The molecule has 0 radical (unpaired) electrons. The van der Waals surface area contributed by atoms with Gasteiger partial charge in [-0.15, -0.1) is 29.1 Å². The summed E-state index contributed by atoms with van der Waals surface area (Å²) in [5, 5.41) is 4.72. The summed E-state index contributed by atoms with van der Waals surface area (Å²) in [7, 11) is 0. The number of hydrogen-bond acceptors (Lipinski definition) is 4. The molecule has 0 aliphatic heterocycles. The number of rotatable bonds is 4. The Labute approximate surface area is 130 Å². The van der Waals surface area contributed by atoms with Crippen LogP contribution in [0.15, 0.2) is 27.7 Å². The van der Waals surface area contributed by atoms with Gasteiger partial charge in [-0.25, -0.2) is 4.98 Å². The van der Waals surface area contributed by atoms with E-state index < -0.39 is 0 Å². The monoisotopic (exact) mass is 314 g/mol. The molecule has 3 aromatic rings. The first-order valence-corrected chi connectivity index (χ1v) is 8.50. The minimum atomic E-state index is -0.0222. The molecule has 0 amide bonds. The SMILES string of the molecule is C#CCn1c(CCC)nc2scc(-c3cccs3)c2c1=O. The Morgan fingerprint density at radius 1 is 1.43 bits per heavy atom. The van der Waals surface area contributed by atoms with E-state index in [9.17, 15) is 4.79 Å². The first-order valence-electron chi connectivity index (χ1n) is 6.74. The van der Waals surface area contributed by atoms with Crippen molar-refractivity contribution in [3.8, 4) is 22.8 Å². The van der Waals surface area contributed by atoms with Crippen molar-refractivity contribution in [2.24, 2.45) is 0 Å². The van der Waals surface area contributed by atoms with Crippen LogP contribution in [0.25, 0.3) is 20.7 Å². The number of fused-ring (bicyclic) bond motifs is 1. The van der Waals surface area contributed by atoms with E-state index in [1.165, 1.54) is 11.3 Å². The number of thiophene rings is 2. The summed E-state index contributed by atoms with van der Waals surface area (Å²) in [4.78, 5) is 19.4. The molecule has 0 aromatic carbocycles. The predicted octanol–water partition coefficient (Wildman–Crippen LogP) is 3.77. The number of hydrogen-bond donors (Lipinski definition) is 0. The fourth-order valence-corrected chi connectivity index (χ4v) is 4.12. The van der Waals surface area contributed by atoms with Crippen molar-refractivity contribution in [1.29, 1.82) is 0 Å². The maximum absolute atomic E-state index is 12.8. The topological polar surface area (TPSA) is 34.9 Å². The molecule has 0 fully saturated rings. The molecule has 3 heterocycles. The van der Waals surface area contributed by atoms with Crippen LogP contribution in [0.2, 0.25) is 0 Å². The summed E-state index contributed by atoms with van der Waals surface area (Å²) in [5.74, 6) is 3.35. The van der Waals surface area contributed by atoms with Gasteiger partial charge in [0.1, 0.15) is 10.7 Å². The molecule has 21 heavy (non-hydrogen) atoms. The molecular formula is C16H14N2OS2. The van der Waals surface area contributed by atoms with E-state index in [0.29, 0.717) is 5.39 Å². The molecule has 0 saturated heterocycles. The molecule has 5 heteroatoms. The lowest BCUT2D eigenvalue weighted by Crippen LogP contribution is -2.24. The van der Waals surface area contributed by atoms with E-state index in [0.717, 1.165) is 33.9 Å². The van der Waals surface area contributed by atoms with Gasteiger partial charge >= 0.3 is 0 Å². The van der Waals surface area contributed by atoms with Crippen molar-refractivity contribution in [3.05, 3.63) is 39.1 Å². The summed E-state index contributed by atoms with van der Waals surface area (Å²) in [6.45, 7) is 2.35. The number of nitrogens with zero attached hydrogens (tertiary/aromatic N) is 2. The van der Waals surface area contributed by atoms with E-state index in [1.807, 2.05) is 22.9 Å². The second-order valence-electron chi connectivity index (χ2n) is 4.68. The van der Waals surface area contributed by atoms with Crippen LogP contribution in [0.1, 0.15) is 19.2 Å². The Bertz CT molecular complexity index is 866. The zero-order chi connectivity index (χ0) is 14.8. The van der Waals surface area contributed by atoms with Gasteiger partial charge in [0.05, 0.1) is 11.9 Å². The van der Waals surface area contributed by atoms with Crippen molar-refractivity contribution < 1.29 is 0 Å². The quantitative estimate of drug-likeness (QED) is 0.687. The van der Waals surface area contributed by atoms with Gasteiger partial charge in [0.25, 0.3) is 5.56 Å². The normalized spacial score (nSPS) is 10.9. The Hall–Kier alpha value is -1.90. The Morgan fingerprint density at radius 2 is 2.29 bits per heavy atom. The Balaban J connectivity index is 2.31. The van der Waals surface area contributed by atoms with Crippen molar-refractivity contribution in [2.45, 2.75) is 26.3 Å². The lowest BCUT2D eigenvalue weighted by molar-refractivity contribution is 0.686. The molecular weight excluding hydrogens is 300 g/mol. The van der Waals surface area contributed by atoms with Gasteiger partial charge in [-0.05, 0) is 17.9 Å². The van der Waals surface area contributed by atoms with E-state index in [4.69, 9.17) is 6.42 Å². The number of aryl methyl sites for hydroxylation is 1. The highest BCUT2D eigenvalue weighted by Gasteiger charge is 2.16. The van der Waals surface area contributed by atoms with E-state index >= 15 is 0 Å². The molecule has 0 aliphatic rings. The smallest absolute Gasteiger partial charge is 0.263 e. The van der Waals surface area contributed by atoms with Crippen LogP contribution in [0.5, 0.6) is 0 Å². The Kier molecular flexibility index (Phi) is 3.91.